The van der Waals surface area contributed by atoms with Crippen molar-refractivity contribution >= 4 is 0 Å². The van der Waals surface area contributed by atoms with E-state index in [4.69, 9.17) is 4.74 Å². The number of fused-ring (bicyclic) bond motifs is 3. The molecule has 0 spiro atoms. The van der Waals surface area contributed by atoms with Gasteiger partial charge >= 0.3 is 0 Å². The molecule has 1 aliphatic heterocycles. The maximum atomic E-state index is 13.6. The lowest BCUT2D eigenvalue weighted by atomic mass is 10.1. The van der Waals surface area contributed by atoms with Crippen molar-refractivity contribution in [1.29, 1.82) is 0 Å². The summed E-state index contributed by atoms with van der Waals surface area (Å²) in [4.78, 5) is 0. The zero-order chi connectivity index (χ0) is 12.0. The first-order chi connectivity index (χ1) is 8.16. The van der Waals surface area contributed by atoms with Crippen molar-refractivity contribution in [2.75, 3.05) is 6.61 Å². The van der Waals surface area contributed by atoms with Crippen LogP contribution in [-0.4, -0.2) is 21.4 Å². The summed E-state index contributed by atoms with van der Waals surface area (Å²) in [6.07, 6.45) is 0. The van der Waals surface area contributed by atoms with Crippen molar-refractivity contribution in [2.45, 2.75) is 20.4 Å². The van der Waals surface area contributed by atoms with Gasteiger partial charge < -0.3 is 9.30 Å². The number of nitrogens with zero attached hydrogens (tertiary/aromatic N) is 3. The molecule has 0 N–H and O–H groups in total. The van der Waals surface area contributed by atoms with Crippen molar-refractivity contribution in [3.05, 3.63) is 29.3 Å². The third-order valence-corrected chi connectivity index (χ3v) is 3.01. The summed E-state index contributed by atoms with van der Waals surface area (Å²) in [6, 6.07) is 3.18. The van der Waals surface area contributed by atoms with E-state index in [1.54, 1.807) is 13.0 Å². The van der Waals surface area contributed by atoms with Crippen LogP contribution < -0.4 is 4.74 Å². The number of halogens is 1. The summed E-state index contributed by atoms with van der Waals surface area (Å²) >= 11 is 0. The molecule has 0 aliphatic carbocycles. The number of hydrogen-bond donors (Lipinski definition) is 0. The van der Waals surface area contributed by atoms with E-state index in [1.165, 1.54) is 6.07 Å². The second kappa shape index (κ2) is 3.55. The minimum Gasteiger partial charge on any atom is -0.491 e. The maximum absolute atomic E-state index is 13.6. The Labute approximate surface area is 98.0 Å². The summed E-state index contributed by atoms with van der Waals surface area (Å²) < 4.78 is 21.2. The van der Waals surface area contributed by atoms with Crippen molar-refractivity contribution in [3.63, 3.8) is 0 Å². The second-order valence-corrected chi connectivity index (χ2v) is 4.17. The van der Waals surface area contributed by atoms with Crippen LogP contribution in [0.3, 0.4) is 0 Å². The smallest absolute Gasteiger partial charge is 0.167 e. The Morgan fingerprint density at radius 1 is 1.29 bits per heavy atom. The van der Waals surface area contributed by atoms with E-state index < -0.39 is 0 Å². The van der Waals surface area contributed by atoms with Crippen LogP contribution in [0.4, 0.5) is 4.39 Å². The van der Waals surface area contributed by atoms with Crippen molar-refractivity contribution in [1.82, 2.24) is 14.8 Å². The van der Waals surface area contributed by atoms with Crippen LogP contribution in [0.2, 0.25) is 0 Å². The van der Waals surface area contributed by atoms with Gasteiger partial charge in [-0.2, -0.15) is 0 Å². The van der Waals surface area contributed by atoms with Gasteiger partial charge in [-0.05, 0) is 31.5 Å². The highest BCUT2D eigenvalue weighted by Crippen LogP contribution is 2.33. The number of benzene rings is 1. The molecule has 0 amide bonds. The Hall–Kier alpha value is -1.91. The summed E-state index contributed by atoms with van der Waals surface area (Å²) in [5.41, 5.74) is 1.25. The van der Waals surface area contributed by atoms with Crippen LogP contribution >= 0.6 is 0 Å². The van der Waals surface area contributed by atoms with Gasteiger partial charge in [-0.15, -0.1) is 10.2 Å². The molecule has 5 heteroatoms. The van der Waals surface area contributed by atoms with Gasteiger partial charge in [-0.3, -0.25) is 0 Å². The average Bonchev–Trinajstić information content (AvgIpc) is 2.56. The molecule has 0 unspecified atom stereocenters. The molecule has 17 heavy (non-hydrogen) atoms. The molecule has 4 nitrogen and oxygen atoms in total. The molecule has 1 aromatic carbocycles. The first-order valence-electron chi connectivity index (χ1n) is 5.50. The Morgan fingerprint density at radius 2 is 2.12 bits per heavy atom. The monoisotopic (exact) mass is 233 g/mol. The predicted molar refractivity (Wildman–Crippen MR) is 60.4 cm³/mol. The predicted octanol–water partition coefficient (Wildman–Crippen LogP) is 2.09. The van der Waals surface area contributed by atoms with Gasteiger partial charge in [-0.25, -0.2) is 4.39 Å². The highest BCUT2D eigenvalue weighted by atomic mass is 19.1. The minimum absolute atomic E-state index is 0.249. The zero-order valence-corrected chi connectivity index (χ0v) is 9.70. The SMILES string of the molecule is Cc1cc2c(cc1F)-c1nnc(C)n1CCO2. The van der Waals surface area contributed by atoms with Crippen LogP contribution in [0, 0.1) is 19.7 Å². The molecule has 1 aliphatic rings. The standard InChI is InChI=1S/C12H12FN3O/c1-7-5-11-9(6-10(7)13)12-15-14-8(2)16(12)3-4-17-11/h5-6H,3-4H2,1-2H3. The number of aryl methyl sites for hydroxylation is 2. The van der Waals surface area contributed by atoms with Gasteiger partial charge in [0.1, 0.15) is 24.0 Å². The minimum atomic E-state index is -0.249. The van der Waals surface area contributed by atoms with Crippen molar-refractivity contribution in [2.24, 2.45) is 0 Å². The molecular formula is C12H12FN3O. The number of aromatic nitrogens is 3. The van der Waals surface area contributed by atoms with Gasteiger partial charge in [0.05, 0.1) is 12.1 Å². The number of rotatable bonds is 0. The molecule has 88 valence electrons. The molecule has 1 aromatic heterocycles. The first kappa shape index (κ1) is 10.3. The molecule has 0 radical (unpaired) electrons. The fraction of sp³-hybridized carbons (Fsp3) is 0.333. The van der Waals surface area contributed by atoms with Gasteiger partial charge in [-0.1, -0.05) is 0 Å². The van der Waals surface area contributed by atoms with E-state index in [2.05, 4.69) is 10.2 Å². The Balaban J connectivity index is 2.28. The van der Waals surface area contributed by atoms with Crippen molar-refractivity contribution < 1.29 is 9.13 Å². The first-order valence-corrected chi connectivity index (χ1v) is 5.50. The van der Waals surface area contributed by atoms with Crippen LogP contribution in [0.25, 0.3) is 11.4 Å². The van der Waals surface area contributed by atoms with E-state index in [-0.39, 0.29) is 5.82 Å². The lowest BCUT2D eigenvalue weighted by Gasteiger charge is -2.07. The van der Waals surface area contributed by atoms with Crippen molar-refractivity contribution in [3.8, 4) is 17.1 Å². The van der Waals surface area contributed by atoms with E-state index in [0.29, 0.717) is 35.9 Å². The molecule has 2 heterocycles. The normalized spacial score (nSPS) is 13.6. The average molecular weight is 233 g/mol. The van der Waals surface area contributed by atoms with Gasteiger partial charge in [0, 0.05) is 0 Å². The maximum Gasteiger partial charge on any atom is 0.167 e. The number of ether oxygens (including phenoxy) is 1. The summed E-state index contributed by atoms with van der Waals surface area (Å²) in [7, 11) is 0. The molecule has 2 aromatic rings. The lowest BCUT2D eigenvalue weighted by Crippen LogP contribution is -2.07. The third-order valence-electron chi connectivity index (χ3n) is 3.01. The van der Waals surface area contributed by atoms with E-state index in [0.717, 1.165) is 5.82 Å². The van der Waals surface area contributed by atoms with E-state index in [9.17, 15) is 4.39 Å². The summed E-state index contributed by atoms with van der Waals surface area (Å²) in [5.74, 6) is 1.92. The zero-order valence-electron chi connectivity index (χ0n) is 9.70. The van der Waals surface area contributed by atoms with Gasteiger partial charge in [0.25, 0.3) is 0 Å². The molecule has 0 fully saturated rings. The van der Waals surface area contributed by atoms with Crippen LogP contribution in [-0.2, 0) is 6.54 Å². The highest BCUT2D eigenvalue weighted by Gasteiger charge is 2.20. The molecule has 3 rings (SSSR count). The Kier molecular flexibility index (Phi) is 2.14. The Morgan fingerprint density at radius 3 is 2.94 bits per heavy atom. The summed E-state index contributed by atoms with van der Waals surface area (Å²) in [6.45, 7) is 4.83. The topological polar surface area (TPSA) is 39.9 Å². The van der Waals surface area contributed by atoms with Gasteiger partial charge in [0.15, 0.2) is 5.82 Å². The van der Waals surface area contributed by atoms with Crippen LogP contribution in [0.1, 0.15) is 11.4 Å². The Bertz CT molecular complexity index is 592. The summed E-state index contributed by atoms with van der Waals surface area (Å²) in [5, 5.41) is 8.12. The second-order valence-electron chi connectivity index (χ2n) is 4.17. The molecule has 0 atom stereocenters. The third kappa shape index (κ3) is 1.50. The molecule has 0 saturated heterocycles. The quantitative estimate of drug-likeness (QED) is 0.699. The van der Waals surface area contributed by atoms with Crippen LogP contribution in [0.15, 0.2) is 12.1 Å². The fourth-order valence-electron chi connectivity index (χ4n) is 2.04. The number of hydrogen-bond acceptors (Lipinski definition) is 3. The van der Waals surface area contributed by atoms with E-state index in [1.807, 2.05) is 11.5 Å². The van der Waals surface area contributed by atoms with Gasteiger partial charge in [0.2, 0.25) is 0 Å². The molecule has 0 saturated carbocycles. The van der Waals surface area contributed by atoms with Crippen LogP contribution in [0.5, 0.6) is 5.75 Å². The highest BCUT2D eigenvalue weighted by molar-refractivity contribution is 5.66. The molecule has 0 bridgehead atoms. The van der Waals surface area contributed by atoms with E-state index >= 15 is 0 Å². The lowest BCUT2D eigenvalue weighted by molar-refractivity contribution is 0.304. The fourth-order valence-corrected chi connectivity index (χ4v) is 2.04. The molecular weight excluding hydrogens is 221 g/mol. The largest absolute Gasteiger partial charge is 0.491 e.